The van der Waals surface area contributed by atoms with Crippen molar-refractivity contribution in [1.82, 2.24) is 0 Å². The van der Waals surface area contributed by atoms with Gasteiger partial charge in [0, 0.05) is 6.42 Å². The van der Waals surface area contributed by atoms with Crippen LogP contribution in [0.2, 0.25) is 0 Å². The van der Waals surface area contributed by atoms with Crippen LogP contribution in [0.25, 0.3) is 0 Å². The number of benzene rings is 1. The van der Waals surface area contributed by atoms with E-state index in [1.807, 2.05) is 18.2 Å². The number of hydrogen-bond donors (Lipinski definition) is 0. The molecule has 0 bridgehead atoms. The number of fused-ring (bicyclic) bond motifs is 1. The third-order valence-corrected chi connectivity index (χ3v) is 4.84. The summed E-state index contributed by atoms with van der Waals surface area (Å²) in [4.78, 5) is 12.0. The second kappa shape index (κ2) is 10.5. The summed E-state index contributed by atoms with van der Waals surface area (Å²) < 4.78 is 5.56. The van der Waals surface area contributed by atoms with Crippen molar-refractivity contribution in [2.75, 3.05) is 0 Å². The van der Waals surface area contributed by atoms with E-state index in [-0.39, 0.29) is 12.1 Å². The van der Waals surface area contributed by atoms with E-state index in [9.17, 15) is 4.79 Å². The molecule has 1 aliphatic heterocycles. The van der Waals surface area contributed by atoms with Crippen LogP contribution in [-0.2, 0) is 11.2 Å². The van der Waals surface area contributed by atoms with E-state index in [0.717, 1.165) is 24.0 Å². The van der Waals surface area contributed by atoms with Gasteiger partial charge in [0.25, 0.3) is 0 Å². The highest BCUT2D eigenvalue weighted by Gasteiger charge is 2.25. The normalized spacial score (nSPS) is 16.9. The summed E-state index contributed by atoms with van der Waals surface area (Å²) in [5.74, 6) is -0.135. The number of unbranched alkanes of at least 4 members (excludes halogenated alkanes) is 9. The van der Waals surface area contributed by atoms with E-state index in [1.165, 1.54) is 64.2 Å². The van der Waals surface area contributed by atoms with Gasteiger partial charge in [0.1, 0.15) is 6.10 Å². The highest BCUT2D eigenvalue weighted by atomic mass is 16.5. The Hall–Kier alpha value is -1.31. The predicted octanol–water partition coefficient (Wildman–Crippen LogP) is 6.08. The molecule has 128 valence electrons. The quantitative estimate of drug-likeness (QED) is 0.365. The number of hydrogen-bond acceptors (Lipinski definition) is 2. The molecule has 2 nitrogen and oxygen atoms in total. The molecule has 23 heavy (non-hydrogen) atoms. The third kappa shape index (κ3) is 6.37. The summed E-state index contributed by atoms with van der Waals surface area (Å²) >= 11 is 0. The molecule has 2 rings (SSSR count). The Labute approximate surface area is 141 Å². The molecule has 2 heteroatoms. The van der Waals surface area contributed by atoms with Crippen molar-refractivity contribution in [1.29, 1.82) is 0 Å². The van der Waals surface area contributed by atoms with E-state index in [0.29, 0.717) is 0 Å². The van der Waals surface area contributed by atoms with Crippen molar-refractivity contribution in [3.63, 3.8) is 0 Å². The van der Waals surface area contributed by atoms with Gasteiger partial charge in [-0.3, -0.25) is 0 Å². The smallest absolute Gasteiger partial charge is 0.338 e. The molecule has 1 aliphatic rings. The van der Waals surface area contributed by atoms with Crippen molar-refractivity contribution in [2.45, 2.75) is 90.1 Å². The van der Waals surface area contributed by atoms with E-state index < -0.39 is 0 Å². The fraction of sp³-hybridized carbons (Fsp3) is 0.667. The molecular formula is C21H32O2. The summed E-state index contributed by atoms with van der Waals surface area (Å²) in [6.45, 7) is 2.27. The number of cyclic esters (lactones) is 1. The van der Waals surface area contributed by atoms with Gasteiger partial charge in [-0.1, -0.05) is 82.9 Å². The van der Waals surface area contributed by atoms with Crippen LogP contribution in [0, 0.1) is 0 Å². The molecule has 1 unspecified atom stereocenters. The van der Waals surface area contributed by atoms with E-state index in [1.54, 1.807) is 0 Å². The van der Waals surface area contributed by atoms with E-state index in [2.05, 4.69) is 13.0 Å². The van der Waals surface area contributed by atoms with Crippen molar-refractivity contribution in [2.24, 2.45) is 0 Å². The average molecular weight is 316 g/mol. The maximum absolute atomic E-state index is 12.0. The van der Waals surface area contributed by atoms with Crippen molar-refractivity contribution < 1.29 is 9.53 Å². The molecule has 1 heterocycles. The zero-order chi connectivity index (χ0) is 16.3. The first kappa shape index (κ1) is 18.0. The Kier molecular flexibility index (Phi) is 8.20. The first-order valence-electron chi connectivity index (χ1n) is 9.60. The van der Waals surface area contributed by atoms with Crippen LogP contribution in [0.4, 0.5) is 0 Å². The summed E-state index contributed by atoms with van der Waals surface area (Å²) in [5, 5.41) is 0. The topological polar surface area (TPSA) is 26.3 Å². The van der Waals surface area contributed by atoms with Gasteiger partial charge in [-0.15, -0.1) is 0 Å². The van der Waals surface area contributed by atoms with E-state index in [4.69, 9.17) is 4.74 Å². The van der Waals surface area contributed by atoms with Crippen molar-refractivity contribution in [3.05, 3.63) is 35.4 Å². The molecule has 0 saturated heterocycles. The van der Waals surface area contributed by atoms with Crippen LogP contribution in [0.15, 0.2) is 24.3 Å². The molecule has 0 fully saturated rings. The molecule has 0 spiro atoms. The molecule has 0 radical (unpaired) electrons. The van der Waals surface area contributed by atoms with Crippen molar-refractivity contribution in [3.8, 4) is 0 Å². The van der Waals surface area contributed by atoms with Crippen LogP contribution in [0.5, 0.6) is 0 Å². The third-order valence-electron chi connectivity index (χ3n) is 4.84. The largest absolute Gasteiger partial charge is 0.458 e. The molecule has 0 aromatic heterocycles. The van der Waals surface area contributed by atoms with Crippen molar-refractivity contribution >= 4 is 5.97 Å². The first-order chi connectivity index (χ1) is 11.3. The Morgan fingerprint density at radius 1 is 0.913 bits per heavy atom. The second-order valence-electron chi connectivity index (χ2n) is 6.86. The van der Waals surface area contributed by atoms with Gasteiger partial charge in [-0.2, -0.15) is 0 Å². The summed E-state index contributed by atoms with van der Waals surface area (Å²) in [6.07, 6.45) is 15.4. The average Bonchev–Trinajstić information content (AvgIpc) is 2.57. The SMILES string of the molecule is CCCCCCCCCCCCC1Cc2ccccc2C(=O)O1. The molecule has 1 aromatic rings. The molecule has 1 atom stereocenters. The van der Waals surface area contributed by atoms with E-state index >= 15 is 0 Å². The fourth-order valence-corrected chi connectivity index (χ4v) is 3.42. The van der Waals surface area contributed by atoms with Crippen LogP contribution >= 0.6 is 0 Å². The maximum Gasteiger partial charge on any atom is 0.338 e. The molecular weight excluding hydrogens is 284 g/mol. The second-order valence-corrected chi connectivity index (χ2v) is 6.86. The summed E-state index contributed by atoms with van der Waals surface area (Å²) in [6, 6.07) is 7.84. The first-order valence-corrected chi connectivity index (χ1v) is 9.60. The predicted molar refractivity (Wildman–Crippen MR) is 95.8 cm³/mol. The lowest BCUT2D eigenvalue weighted by atomic mass is 9.95. The zero-order valence-electron chi connectivity index (χ0n) is 14.7. The number of ether oxygens (including phenoxy) is 1. The molecule has 0 N–H and O–H groups in total. The minimum Gasteiger partial charge on any atom is -0.458 e. The Balaban J connectivity index is 1.52. The Morgan fingerprint density at radius 3 is 2.22 bits per heavy atom. The van der Waals surface area contributed by atoms with Crippen LogP contribution in [0.1, 0.15) is 93.5 Å². The Bertz CT molecular complexity index is 467. The lowest BCUT2D eigenvalue weighted by Crippen LogP contribution is -2.27. The van der Waals surface area contributed by atoms with Crippen LogP contribution < -0.4 is 0 Å². The van der Waals surface area contributed by atoms with Gasteiger partial charge in [-0.05, 0) is 24.5 Å². The van der Waals surface area contributed by atoms with Gasteiger partial charge >= 0.3 is 5.97 Å². The number of carbonyl (C=O) groups excluding carboxylic acids is 1. The van der Waals surface area contributed by atoms with Gasteiger partial charge in [-0.25, -0.2) is 4.79 Å². The lowest BCUT2D eigenvalue weighted by molar-refractivity contribution is 0.0232. The maximum atomic E-state index is 12.0. The standard InChI is InChI=1S/C21H32O2/c1-2-3-4-5-6-7-8-9-10-11-15-19-17-18-14-12-13-16-20(18)21(22)23-19/h12-14,16,19H,2-11,15,17H2,1H3. The number of rotatable bonds is 11. The zero-order valence-corrected chi connectivity index (χ0v) is 14.7. The number of esters is 1. The highest BCUT2D eigenvalue weighted by Crippen LogP contribution is 2.23. The molecule has 0 aliphatic carbocycles. The summed E-state index contributed by atoms with van der Waals surface area (Å²) in [5.41, 5.74) is 1.91. The van der Waals surface area contributed by atoms with Crippen LogP contribution in [-0.4, -0.2) is 12.1 Å². The van der Waals surface area contributed by atoms with Gasteiger partial charge in [0.2, 0.25) is 0 Å². The molecule has 0 saturated carbocycles. The lowest BCUT2D eigenvalue weighted by Gasteiger charge is -2.24. The number of carbonyl (C=O) groups is 1. The molecule has 1 aromatic carbocycles. The summed E-state index contributed by atoms with van der Waals surface area (Å²) in [7, 11) is 0. The van der Waals surface area contributed by atoms with Gasteiger partial charge in [0.05, 0.1) is 5.56 Å². The minimum absolute atomic E-state index is 0.0893. The minimum atomic E-state index is -0.135. The monoisotopic (exact) mass is 316 g/mol. The van der Waals surface area contributed by atoms with Gasteiger partial charge < -0.3 is 4.74 Å². The van der Waals surface area contributed by atoms with Crippen LogP contribution in [0.3, 0.4) is 0 Å². The molecule has 0 amide bonds. The highest BCUT2D eigenvalue weighted by molar-refractivity contribution is 5.92. The van der Waals surface area contributed by atoms with Gasteiger partial charge in [0.15, 0.2) is 0 Å². The fourth-order valence-electron chi connectivity index (χ4n) is 3.42. The Morgan fingerprint density at radius 2 is 1.52 bits per heavy atom.